The van der Waals surface area contributed by atoms with Gasteiger partial charge in [0.1, 0.15) is 0 Å². The molecule has 7 nitrogen and oxygen atoms in total. The van der Waals surface area contributed by atoms with Crippen molar-refractivity contribution in [2.45, 2.75) is 13.8 Å². The third-order valence-corrected chi connectivity index (χ3v) is 4.53. The van der Waals surface area contributed by atoms with Crippen LogP contribution < -0.4 is 5.43 Å². The van der Waals surface area contributed by atoms with Gasteiger partial charge in [0.25, 0.3) is 5.91 Å². The first-order valence-electron chi connectivity index (χ1n) is 8.34. The molecule has 0 fully saturated rings. The number of amides is 1. The Bertz CT molecular complexity index is 1070. The van der Waals surface area contributed by atoms with E-state index in [1.165, 1.54) is 12.3 Å². The van der Waals surface area contributed by atoms with Crippen LogP contribution in [0, 0.1) is 13.8 Å². The lowest BCUT2D eigenvalue weighted by Gasteiger charge is -2.11. The fraction of sp³-hybridized carbons (Fsp3) is 0.100. The van der Waals surface area contributed by atoms with E-state index in [4.69, 9.17) is 11.6 Å². The van der Waals surface area contributed by atoms with Crippen molar-refractivity contribution in [1.29, 1.82) is 0 Å². The Morgan fingerprint density at radius 2 is 2.04 bits per heavy atom. The Hall–Kier alpha value is -3.45. The topological polar surface area (TPSA) is 96.6 Å². The summed E-state index contributed by atoms with van der Waals surface area (Å²) in [6.45, 7) is 3.78. The maximum atomic E-state index is 12.0. The van der Waals surface area contributed by atoms with Gasteiger partial charge in [0.05, 0.1) is 22.4 Å². The predicted octanol–water partition coefficient (Wildman–Crippen LogP) is 3.60. The molecule has 2 N–H and O–H groups in total. The minimum Gasteiger partial charge on any atom is -0.478 e. The predicted molar refractivity (Wildman–Crippen MR) is 107 cm³/mol. The quantitative estimate of drug-likeness (QED) is 0.508. The molecule has 0 bridgehead atoms. The lowest BCUT2D eigenvalue weighted by molar-refractivity contribution is 0.0696. The van der Waals surface area contributed by atoms with E-state index in [9.17, 15) is 14.7 Å². The van der Waals surface area contributed by atoms with Gasteiger partial charge in [0, 0.05) is 35.0 Å². The van der Waals surface area contributed by atoms with Gasteiger partial charge in [0.15, 0.2) is 0 Å². The zero-order valence-electron chi connectivity index (χ0n) is 15.2. The van der Waals surface area contributed by atoms with Crippen LogP contribution in [0.25, 0.3) is 5.69 Å². The zero-order valence-corrected chi connectivity index (χ0v) is 15.9. The highest BCUT2D eigenvalue weighted by Crippen LogP contribution is 2.24. The van der Waals surface area contributed by atoms with E-state index in [0.717, 1.165) is 17.0 Å². The fourth-order valence-electron chi connectivity index (χ4n) is 2.85. The molecule has 0 aliphatic rings. The number of carboxylic acid groups (broad SMARTS) is 1. The van der Waals surface area contributed by atoms with Crippen LogP contribution in [0.2, 0.25) is 5.02 Å². The Kier molecular flexibility index (Phi) is 5.56. The van der Waals surface area contributed by atoms with Gasteiger partial charge in [-0.15, -0.1) is 0 Å². The number of benzene rings is 1. The van der Waals surface area contributed by atoms with Crippen LogP contribution in [-0.2, 0) is 0 Å². The minimum atomic E-state index is -1.09. The van der Waals surface area contributed by atoms with Gasteiger partial charge >= 0.3 is 5.97 Å². The maximum absolute atomic E-state index is 12.0. The molecule has 1 amide bonds. The second kappa shape index (κ2) is 8.06. The lowest BCUT2D eigenvalue weighted by atomic mass is 10.2. The first kappa shape index (κ1) is 19.3. The number of pyridine rings is 1. The fourth-order valence-corrected chi connectivity index (χ4v) is 3.05. The van der Waals surface area contributed by atoms with Crippen LogP contribution in [-0.4, -0.2) is 32.7 Å². The molecular formula is C20H17ClN4O3. The molecule has 2 heterocycles. The van der Waals surface area contributed by atoms with Crippen LogP contribution in [0.3, 0.4) is 0 Å². The number of hydrazone groups is 1. The number of aromatic nitrogens is 2. The molecule has 28 heavy (non-hydrogen) atoms. The average Bonchev–Trinajstić information content (AvgIpc) is 2.96. The Balaban J connectivity index is 1.85. The number of hydrogen-bond donors (Lipinski definition) is 2. The van der Waals surface area contributed by atoms with E-state index in [1.807, 2.05) is 24.5 Å². The van der Waals surface area contributed by atoms with Crippen molar-refractivity contribution < 1.29 is 14.7 Å². The molecule has 0 spiro atoms. The standard InChI is InChI=1S/C20H17ClN4O3/c1-12-8-15(11-23-24-19(26)14-4-3-7-22-10-14)13(2)25(12)16-5-6-18(21)17(9-16)20(27)28/h3-11H,1-2H3,(H,24,26)(H,27,28)/b23-11-. The van der Waals surface area contributed by atoms with Crippen molar-refractivity contribution in [3.8, 4) is 5.69 Å². The summed E-state index contributed by atoms with van der Waals surface area (Å²) in [5.41, 5.74) is 6.10. The highest BCUT2D eigenvalue weighted by molar-refractivity contribution is 6.33. The molecule has 0 saturated heterocycles. The van der Waals surface area contributed by atoms with Crippen molar-refractivity contribution in [1.82, 2.24) is 15.0 Å². The Morgan fingerprint density at radius 1 is 1.25 bits per heavy atom. The van der Waals surface area contributed by atoms with Crippen molar-refractivity contribution in [3.05, 3.63) is 81.9 Å². The number of halogens is 1. The van der Waals surface area contributed by atoms with Gasteiger partial charge in [-0.1, -0.05) is 11.6 Å². The molecule has 0 unspecified atom stereocenters. The van der Waals surface area contributed by atoms with Crippen LogP contribution in [0.1, 0.15) is 37.7 Å². The molecule has 0 atom stereocenters. The molecule has 8 heteroatoms. The number of rotatable bonds is 5. The largest absolute Gasteiger partial charge is 0.478 e. The van der Waals surface area contributed by atoms with Crippen LogP contribution >= 0.6 is 11.6 Å². The maximum Gasteiger partial charge on any atom is 0.337 e. The van der Waals surface area contributed by atoms with Gasteiger partial charge < -0.3 is 9.67 Å². The lowest BCUT2D eigenvalue weighted by Crippen LogP contribution is -2.17. The molecule has 1 aromatic carbocycles. The summed E-state index contributed by atoms with van der Waals surface area (Å²) >= 11 is 5.96. The average molecular weight is 397 g/mol. The molecule has 0 saturated carbocycles. The highest BCUT2D eigenvalue weighted by atomic mass is 35.5. The first-order chi connectivity index (χ1) is 13.4. The third-order valence-electron chi connectivity index (χ3n) is 4.20. The first-order valence-corrected chi connectivity index (χ1v) is 8.72. The van der Waals surface area contributed by atoms with Gasteiger partial charge in [0.2, 0.25) is 0 Å². The van der Waals surface area contributed by atoms with Crippen LogP contribution in [0.5, 0.6) is 0 Å². The number of hydrogen-bond acceptors (Lipinski definition) is 4. The molecule has 3 rings (SSSR count). The van der Waals surface area contributed by atoms with E-state index in [2.05, 4.69) is 15.5 Å². The molecule has 2 aromatic heterocycles. The SMILES string of the molecule is Cc1cc(/C=N\NC(=O)c2cccnc2)c(C)n1-c1ccc(Cl)c(C(=O)O)c1. The van der Waals surface area contributed by atoms with E-state index in [-0.39, 0.29) is 16.5 Å². The summed E-state index contributed by atoms with van der Waals surface area (Å²) in [5.74, 6) is -1.45. The number of aromatic carboxylic acids is 1. The molecule has 0 aliphatic heterocycles. The van der Waals surface area contributed by atoms with Crippen molar-refractivity contribution in [3.63, 3.8) is 0 Å². The van der Waals surface area contributed by atoms with E-state index < -0.39 is 5.97 Å². The van der Waals surface area contributed by atoms with Gasteiger partial charge in [-0.05, 0) is 50.2 Å². The second-order valence-electron chi connectivity index (χ2n) is 6.07. The van der Waals surface area contributed by atoms with E-state index in [0.29, 0.717) is 11.3 Å². The van der Waals surface area contributed by atoms with Crippen molar-refractivity contribution in [2.24, 2.45) is 5.10 Å². The summed E-state index contributed by atoms with van der Waals surface area (Å²) in [4.78, 5) is 27.2. The number of carbonyl (C=O) groups is 2. The van der Waals surface area contributed by atoms with Gasteiger partial charge in [-0.3, -0.25) is 9.78 Å². The summed E-state index contributed by atoms with van der Waals surface area (Å²) in [5, 5.41) is 13.5. The molecule has 0 radical (unpaired) electrons. The normalized spacial score (nSPS) is 11.0. The summed E-state index contributed by atoms with van der Waals surface area (Å²) in [7, 11) is 0. The minimum absolute atomic E-state index is 0.0330. The molecular weight excluding hydrogens is 380 g/mol. The number of carboxylic acids is 1. The second-order valence-corrected chi connectivity index (χ2v) is 6.48. The third kappa shape index (κ3) is 3.94. The summed E-state index contributed by atoms with van der Waals surface area (Å²) in [6, 6.07) is 10.0. The molecule has 0 aliphatic carbocycles. The zero-order chi connectivity index (χ0) is 20.3. The smallest absolute Gasteiger partial charge is 0.337 e. The van der Waals surface area contributed by atoms with Crippen LogP contribution in [0.4, 0.5) is 0 Å². The number of nitrogens with zero attached hydrogens (tertiary/aromatic N) is 3. The molecule has 142 valence electrons. The van der Waals surface area contributed by atoms with E-state index >= 15 is 0 Å². The van der Waals surface area contributed by atoms with Gasteiger partial charge in [-0.2, -0.15) is 5.10 Å². The summed E-state index contributed by atoms with van der Waals surface area (Å²) in [6.07, 6.45) is 4.58. The van der Waals surface area contributed by atoms with Crippen LogP contribution in [0.15, 0.2) is 53.9 Å². The Labute approximate surface area is 166 Å². The van der Waals surface area contributed by atoms with Gasteiger partial charge in [-0.25, -0.2) is 10.2 Å². The van der Waals surface area contributed by atoms with Crippen molar-refractivity contribution in [2.75, 3.05) is 0 Å². The monoisotopic (exact) mass is 396 g/mol. The summed E-state index contributed by atoms with van der Waals surface area (Å²) < 4.78 is 1.90. The highest BCUT2D eigenvalue weighted by Gasteiger charge is 2.14. The van der Waals surface area contributed by atoms with E-state index in [1.54, 1.807) is 36.7 Å². The number of nitrogens with one attached hydrogen (secondary N) is 1. The number of carbonyl (C=O) groups excluding carboxylic acids is 1. The Morgan fingerprint density at radius 3 is 2.71 bits per heavy atom. The molecule has 3 aromatic rings. The number of aryl methyl sites for hydroxylation is 1. The van der Waals surface area contributed by atoms with Crippen molar-refractivity contribution >= 4 is 29.7 Å².